The van der Waals surface area contributed by atoms with Crippen LogP contribution in [0.2, 0.25) is 10.0 Å². The fourth-order valence-electron chi connectivity index (χ4n) is 2.37. The molecule has 0 amide bonds. The molecule has 0 spiro atoms. The molecule has 0 radical (unpaired) electrons. The van der Waals surface area contributed by atoms with Crippen LogP contribution in [0, 0.1) is 0 Å². The molecule has 26 heavy (non-hydrogen) atoms. The van der Waals surface area contributed by atoms with Gasteiger partial charge in [-0.05, 0) is 54.1 Å². The first kappa shape index (κ1) is 18.4. The van der Waals surface area contributed by atoms with Crippen molar-refractivity contribution >= 4 is 28.9 Å². The molecule has 0 atom stereocenters. The molecule has 134 valence electrons. The van der Waals surface area contributed by atoms with E-state index in [1.54, 1.807) is 6.07 Å². The summed E-state index contributed by atoms with van der Waals surface area (Å²) in [5, 5.41) is 4.62. The fraction of sp³-hybridized carbons (Fsp3) is 0.143. The highest BCUT2D eigenvalue weighted by atomic mass is 35.5. The Morgan fingerprint density at radius 1 is 0.731 bits per heavy atom. The van der Waals surface area contributed by atoms with Gasteiger partial charge in [-0.1, -0.05) is 47.5 Å². The van der Waals surface area contributed by atoms with E-state index in [9.17, 15) is 0 Å². The number of hydrogen-bond donors (Lipinski definition) is 1. The predicted molar refractivity (Wildman–Crippen MR) is 108 cm³/mol. The van der Waals surface area contributed by atoms with Gasteiger partial charge in [-0.2, -0.15) is 0 Å². The van der Waals surface area contributed by atoms with Crippen molar-refractivity contribution in [1.82, 2.24) is 0 Å². The molecule has 0 bridgehead atoms. The van der Waals surface area contributed by atoms with Crippen molar-refractivity contribution in [2.45, 2.75) is 6.54 Å². The molecule has 0 unspecified atom stereocenters. The minimum absolute atomic E-state index is 0.488. The molecule has 0 aliphatic rings. The number of ether oxygens (including phenoxy) is 2. The topological polar surface area (TPSA) is 30.5 Å². The average molecular weight is 388 g/mol. The minimum Gasteiger partial charge on any atom is -0.490 e. The highest BCUT2D eigenvalue weighted by molar-refractivity contribution is 6.35. The van der Waals surface area contributed by atoms with Gasteiger partial charge < -0.3 is 14.8 Å². The summed E-state index contributed by atoms with van der Waals surface area (Å²) in [6, 6.07) is 23.0. The molecule has 3 rings (SSSR count). The van der Waals surface area contributed by atoms with Crippen LogP contribution < -0.4 is 14.8 Å². The smallest absolute Gasteiger partial charge is 0.122 e. The Bertz CT molecular complexity index is 823. The summed E-state index contributed by atoms with van der Waals surface area (Å²) in [7, 11) is 0. The van der Waals surface area contributed by atoms with E-state index >= 15 is 0 Å². The van der Waals surface area contributed by atoms with Gasteiger partial charge in [0, 0.05) is 22.3 Å². The summed E-state index contributed by atoms with van der Waals surface area (Å²) in [5.41, 5.74) is 1.98. The lowest BCUT2D eigenvalue weighted by Crippen LogP contribution is -2.08. The number of benzene rings is 3. The summed E-state index contributed by atoms with van der Waals surface area (Å²) in [4.78, 5) is 0. The first-order chi connectivity index (χ1) is 12.7. The van der Waals surface area contributed by atoms with Crippen LogP contribution >= 0.6 is 23.2 Å². The molecular weight excluding hydrogens is 369 g/mol. The number of anilines is 1. The standard InChI is InChI=1S/C21H19Cl2NO2/c22-17-7-6-16(21(23)14-17)15-24-18-8-10-20(11-9-18)26-13-12-25-19-4-2-1-3-5-19/h1-11,14,24H,12-13,15H2. The summed E-state index contributed by atoms with van der Waals surface area (Å²) >= 11 is 12.1. The molecule has 5 heteroatoms. The Labute approximate surface area is 163 Å². The molecule has 3 nitrogen and oxygen atoms in total. The third-order valence-electron chi connectivity index (χ3n) is 3.72. The van der Waals surface area contributed by atoms with E-state index in [4.69, 9.17) is 32.7 Å². The quantitative estimate of drug-likeness (QED) is 0.476. The fourth-order valence-corrected chi connectivity index (χ4v) is 2.84. The van der Waals surface area contributed by atoms with Gasteiger partial charge >= 0.3 is 0 Å². The highest BCUT2D eigenvalue weighted by Gasteiger charge is 2.02. The van der Waals surface area contributed by atoms with E-state index in [1.807, 2.05) is 66.7 Å². The molecule has 0 aliphatic heterocycles. The van der Waals surface area contributed by atoms with Crippen molar-refractivity contribution in [1.29, 1.82) is 0 Å². The van der Waals surface area contributed by atoms with E-state index in [0.717, 1.165) is 22.7 Å². The molecule has 0 aromatic heterocycles. The van der Waals surface area contributed by atoms with E-state index in [0.29, 0.717) is 29.8 Å². The second-order valence-electron chi connectivity index (χ2n) is 5.62. The Morgan fingerprint density at radius 3 is 2.04 bits per heavy atom. The van der Waals surface area contributed by atoms with Crippen LogP contribution in [0.3, 0.4) is 0 Å². The zero-order chi connectivity index (χ0) is 18.2. The summed E-state index contributed by atoms with van der Waals surface area (Å²) in [6.07, 6.45) is 0. The normalized spacial score (nSPS) is 10.4. The van der Waals surface area contributed by atoms with Crippen LogP contribution in [-0.4, -0.2) is 13.2 Å². The molecule has 0 fully saturated rings. The molecule has 1 N–H and O–H groups in total. The Morgan fingerprint density at radius 2 is 1.38 bits per heavy atom. The summed E-state index contributed by atoms with van der Waals surface area (Å²) in [5.74, 6) is 1.65. The van der Waals surface area contributed by atoms with Gasteiger partial charge in [-0.15, -0.1) is 0 Å². The van der Waals surface area contributed by atoms with Gasteiger partial charge in [0.25, 0.3) is 0 Å². The number of nitrogens with one attached hydrogen (secondary N) is 1. The maximum atomic E-state index is 6.18. The average Bonchev–Trinajstić information content (AvgIpc) is 2.66. The van der Waals surface area contributed by atoms with E-state index < -0.39 is 0 Å². The second kappa shape index (κ2) is 9.37. The lowest BCUT2D eigenvalue weighted by atomic mass is 10.2. The third kappa shape index (κ3) is 5.58. The van der Waals surface area contributed by atoms with Crippen LogP contribution in [0.1, 0.15) is 5.56 Å². The number of rotatable bonds is 8. The molecule has 3 aromatic rings. The SMILES string of the molecule is Clc1ccc(CNc2ccc(OCCOc3ccccc3)cc2)c(Cl)c1. The van der Waals surface area contributed by atoms with Crippen LogP contribution in [0.4, 0.5) is 5.69 Å². The molecule has 0 saturated carbocycles. The maximum absolute atomic E-state index is 6.18. The van der Waals surface area contributed by atoms with E-state index in [1.165, 1.54) is 0 Å². The Balaban J connectivity index is 1.43. The summed E-state index contributed by atoms with van der Waals surface area (Å²) < 4.78 is 11.3. The largest absolute Gasteiger partial charge is 0.490 e. The van der Waals surface area contributed by atoms with Crippen molar-refractivity contribution in [3.8, 4) is 11.5 Å². The monoisotopic (exact) mass is 387 g/mol. The summed E-state index contributed by atoms with van der Waals surface area (Å²) in [6.45, 7) is 1.61. The van der Waals surface area contributed by atoms with E-state index in [-0.39, 0.29) is 0 Å². The highest BCUT2D eigenvalue weighted by Crippen LogP contribution is 2.22. The molecule has 0 heterocycles. The van der Waals surface area contributed by atoms with Crippen molar-refractivity contribution in [3.05, 3.63) is 88.4 Å². The number of hydrogen-bond acceptors (Lipinski definition) is 3. The zero-order valence-electron chi connectivity index (χ0n) is 14.1. The van der Waals surface area contributed by atoms with Crippen LogP contribution in [0.5, 0.6) is 11.5 Å². The van der Waals surface area contributed by atoms with Gasteiger partial charge in [-0.3, -0.25) is 0 Å². The van der Waals surface area contributed by atoms with Crippen molar-refractivity contribution in [3.63, 3.8) is 0 Å². The maximum Gasteiger partial charge on any atom is 0.122 e. The van der Waals surface area contributed by atoms with E-state index in [2.05, 4.69) is 5.32 Å². The van der Waals surface area contributed by atoms with Gasteiger partial charge in [0.1, 0.15) is 24.7 Å². The Hall–Kier alpha value is -2.36. The van der Waals surface area contributed by atoms with Crippen LogP contribution in [-0.2, 0) is 6.54 Å². The van der Waals surface area contributed by atoms with Gasteiger partial charge in [-0.25, -0.2) is 0 Å². The van der Waals surface area contributed by atoms with Crippen molar-refractivity contribution in [2.75, 3.05) is 18.5 Å². The minimum atomic E-state index is 0.488. The van der Waals surface area contributed by atoms with Gasteiger partial charge in [0.2, 0.25) is 0 Å². The zero-order valence-corrected chi connectivity index (χ0v) is 15.6. The van der Waals surface area contributed by atoms with Gasteiger partial charge in [0.05, 0.1) is 0 Å². The third-order valence-corrected chi connectivity index (χ3v) is 4.30. The van der Waals surface area contributed by atoms with Crippen LogP contribution in [0.15, 0.2) is 72.8 Å². The van der Waals surface area contributed by atoms with Crippen LogP contribution in [0.25, 0.3) is 0 Å². The predicted octanol–water partition coefficient (Wildman–Crippen LogP) is 6.06. The number of para-hydroxylation sites is 1. The lowest BCUT2D eigenvalue weighted by Gasteiger charge is -2.11. The Kier molecular flexibility index (Phi) is 6.64. The second-order valence-corrected chi connectivity index (χ2v) is 6.47. The molecule has 0 aliphatic carbocycles. The van der Waals surface area contributed by atoms with Crippen molar-refractivity contribution in [2.24, 2.45) is 0 Å². The molecular formula is C21H19Cl2NO2. The first-order valence-corrected chi connectivity index (χ1v) is 9.05. The van der Waals surface area contributed by atoms with Gasteiger partial charge in [0.15, 0.2) is 0 Å². The number of halogens is 2. The molecule has 0 saturated heterocycles. The van der Waals surface area contributed by atoms with Crippen molar-refractivity contribution < 1.29 is 9.47 Å². The first-order valence-electron chi connectivity index (χ1n) is 8.29. The molecule has 3 aromatic carbocycles. The lowest BCUT2D eigenvalue weighted by molar-refractivity contribution is 0.217.